The fourth-order valence-electron chi connectivity index (χ4n) is 2.76. The quantitative estimate of drug-likeness (QED) is 0.491. The van der Waals surface area contributed by atoms with Crippen molar-refractivity contribution in [3.63, 3.8) is 0 Å². The van der Waals surface area contributed by atoms with Crippen LogP contribution >= 0.6 is 11.3 Å². The van der Waals surface area contributed by atoms with Crippen molar-refractivity contribution in [1.29, 1.82) is 0 Å². The summed E-state index contributed by atoms with van der Waals surface area (Å²) < 4.78 is 22.0. The third-order valence-electron chi connectivity index (χ3n) is 4.12. The minimum absolute atomic E-state index is 0.256. The van der Waals surface area contributed by atoms with E-state index in [9.17, 15) is 4.39 Å². The van der Waals surface area contributed by atoms with Gasteiger partial charge in [-0.25, -0.2) is 9.37 Å². The molecule has 0 spiro atoms. The van der Waals surface area contributed by atoms with E-state index in [2.05, 4.69) is 29.0 Å². The second-order valence-electron chi connectivity index (χ2n) is 5.97. The summed E-state index contributed by atoms with van der Waals surface area (Å²) in [5, 5.41) is 0.555. The highest BCUT2D eigenvalue weighted by molar-refractivity contribution is 7.26. The zero-order valence-electron chi connectivity index (χ0n) is 14.0. The number of fused-ring (bicyclic) bond motifs is 3. The largest absolute Gasteiger partial charge is 0.472 e. The monoisotopic (exact) mass is 352 g/mol. The molecule has 25 heavy (non-hydrogen) atoms. The molecule has 0 saturated carbocycles. The van der Waals surface area contributed by atoms with Gasteiger partial charge in [-0.1, -0.05) is 42.8 Å². The van der Waals surface area contributed by atoms with Crippen LogP contribution < -0.4 is 4.74 Å². The van der Waals surface area contributed by atoms with Crippen molar-refractivity contribution >= 4 is 31.6 Å². The van der Waals surface area contributed by atoms with E-state index in [1.165, 1.54) is 23.0 Å². The lowest BCUT2D eigenvalue weighted by Gasteiger charge is -2.08. The Hall–Kier alpha value is -2.53. The molecule has 4 rings (SSSR count). The van der Waals surface area contributed by atoms with Gasteiger partial charge >= 0.3 is 0 Å². The van der Waals surface area contributed by atoms with Crippen molar-refractivity contribution in [3.05, 3.63) is 65.2 Å². The zero-order chi connectivity index (χ0) is 17.4. The first kappa shape index (κ1) is 16.0. The predicted molar refractivity (Wildman–Crippen MR) is 99.8 cm³/mol. The van der Waals surface area contributed by atoms with Crippen LogP contribution in [0, 0.1) is 12.7 Å². The molecular weight excluding hydrogens is 335 g/mol. The summed E-state index contributed by atoms with van der Waals surface area (Å²) in [4.78, 5) is 9.08. The van der Waals surface area contributed by atoms with Crippen LogP contribution in [0.25, 0.3) is 20.3 Å². The number of ether oxygens (including phenoxy) is 1. The van der Waals surface area contributed by atoms with Crippen LogP contribution in [0.5, 0.6) is 5.88 Å². The number of thiophene rings is 1. The normalized spacial score (nSPS) is 11.3. The maximum absolute atomic E-state index is 14.3. The standard InChI is InChI=1S/C20H17FN2OS/c1-3-16-22-18-17-14(21)5-4-6-15(17)25-19(18)20(23-16)24-11-13-9-7-12(2)8-10-13/h4-10H,3,11H2,1-2H3. The van der Waals surface area contributed by atoms with Crippen molar-refractivity contribution in [2.24, 2.45) is 0 Å². The van der Waals surface area contributed by atoms with Crippen LogP contribution in [-0.4, -0.2) is 9.97 Å². The first-order valence-electron chi connectivity index (χ1n) is 8.21. The van der Waals surface area contributed by atoms with E-state index in [1.807, 2.05) is 25.1 Å². The van der Waals surface area contributed by atoms with E-state index in [-0.39, 0.29) is 5.82 Å². The Morgan fingerprint density at radius 1 is 1.08 bits per heavy atom. The average molecular weight is 352 g/mol. The van der Waals surface area contributed by atoms with Crippen LogP contribution in [-0.2, 0) is 13.0 Å². The summed E-state index contributed by atoms with van der Waals surface area (Å²) in [7, 11) is 0. The Bertz CT molecular complexity index is 1060. The third kappa shape index (κ3) is 2.96. The van der Waals surface area contributed by atoms with Crippen LogP contribution in [0.3, 0.4) is 0 Å². The molecule has 0 N–H and O–H groups in total. The Balaban J connectivity index is 1.80. The summed E-state index contributed by atoms with van der Waals surface area (Å²) in [6, 6.07) is 13.3. The molecule has 0 unspecified atom stereocenters. The van der Waals surface area contributed by atoms with Gasteiger partial charge < -0.3 is 4.74 Å². The van der Waals surface area contributed by atoms with Gasteiger partial charge in [0.05, 0.1) is 10.9 Å². The molecule has 0 aliphatic heterocycles. The second-order valence-corrected chi connectivity index (χ2v) is 7.02. The molecule has 0 amide bonds. The average Bonchev–Trinajstić information content (AvgIpc) is 3.00. The fraction of sp³-hybridized carbons (Fsp3) is 0.200. The number of aryl methyl sites for hydroxylation is 2. The molecule has 5 heteroatoms. The maximum Gasteiger partial charge on any atom is 0.235 e. The minimum atomic E-state index is -0.256. The van der Waals surface area contributed by atoms with E-state index >= 15 is 0 Å². The van der Waals surface area contributed by atoms with Gasteiger partial charge in [0.1, 0.15) is 22.9 Å². The Labute approximate surface area is 149 Å². The van der Waals surface area contributed by atoms with Crippen LogP contribution in [0.4, 0.5) is 4.39 Å². The number of halogens is 1. The topological polar surface area (TPSA) is 35.0 Å². The van der Waals surface area contributed by atoms with Crippen molar-refractivity contribution in [3.8, 4) is 5.88 Å². The molecule has 4 aromatic rings. The van der Waals surface area contributed by atoms with Crippen LogP contribution in [0.2, 0.25) is 0 Å². The molecule has 3 nitrogen and oxygen atoms in total. The molecule has 0 aliphatic rings. The number of nitrogens with zero attached hydrogens (tertiary/aromatic N) is 2. The van der Waals surface area contributed by atoms with Gasteiger partial charge in [0.25, 0.3) is 0 Å². The number of rotatable bonds is 4. The highest BCUT2D eigenvalue weighted by Crippen LogP contribution is 2.38. The van der Waals surface area contributed by atoms with Crippen LogP contribution in [0.15, 0.2) is 42.5 Å². The first-order chi connectivity index (χ1) is 12.2. The lowest BCUT2D eigenvalue weighted by atomic mass is 10.2. The SMILES string of the molecule is CCc1nc(OCc2ccc(C)cc2)c2sc3cccc(F)c3c2n1. The maximum atomic E-state index is 14.3. The van der Waals surface area contributed by atoms with Crippen LogP contribution in [0.1, 0.15) is 23.9 Å². The van der Waals surface area contributed by atoms with Gasteiger partial charge in [-0.2, -0.15) is 4.98 Å². The van der Waals surface area contributed by atoms with Crippen molar-refractivity contribution < 1.29 is 9.13 Å². The van der Waals surface area contributed by atoms with E-state index in [0.29, 0.717) is 35.6 Å². The number of aromatic nitrogens is 2. The summed E-state index contributed by atoms with van der Waals surface area (Å²) in [6.07, 6.45) is 0.669. The molecule has 0 saturated heterocycles. The highest BCUT2D eigenvalue weighted by Gasteiger charge is 2.17. The summed E-state index contributed by atoms with van der Waals surface area (Å²) in [5.41, 5.74) is 2.92. The van der Waals surface area contributed by atoms with E-state index < -0.39 is 0 Å². The number of hydrogen-bond donors (Lipinski definition) is 0. The van der Waals surface area contributed by atoms with Gasteiger partial charge in [-0.15, -0.1) is 11.3 Å². The summed E-state index contributed by atoms with van der Waals surface area (Å²) >= 11 is 1.47. The summed E-state index contributed by atoms with van der Waals surface area (Å²) in [6.45, 7) is 4.46. The van der Waals surface area contributed by atoms with Gasteiger partial charge in [0.15, 0.2) is 0 Å². The number of hydrogen-bond acceptors (Lipinski definition) is 4. The first-order valence-corrected chi connectivity index (χ1v) is 9.03. The molecule has 2 heterocycles. The molecule has 2 aromatic carbocycles. The zero-order valence-corrected chi connectivity index (χ0v) is 14.9. The molecule has 0 radical (unpaired) electrons. The molecule has 0 aliphatic carbocycles. The molecular formula is C20H17FN2OS. The highest BCUT2D eigenvalue weighted by atomic mass is 32.1. The molecule has 0 bridgehead atoms. The van der Waals surface area contributed by atoms with Crippen molar-refractivity contribution in [2.45, 2.75) is 26.9 Å². The minimum Gasteiger partial charge on any atom is -0.472 e. The Morgan fingerprint density at radius 2 is 1.88 bits per heavy atom. The molecule has 126 valence electrons. The fourth-order valence-corrected chi connectivity index (χ4v) is 3.86. The van der Waals surface area contributed by atoms with Gasteiger partial charge in [0, 0.05) is 11.1 Å². The Morgan fingerprint density at radius 3 is 2.64 bits per heavy atom. The second kappa shape index (κ2) is 6.41. The van der Waals surface area contributed by atoms with Gasteiger partial charge in [0.2, 0.25) is 5.88 Å². The Kier molecular flexibility index (Phi) is 4.09. The van der Waals surface area contributed by atoms with Gasteiger partial charge in [-0.3, -0.25) is 0 Å². The van der Waals surface area contributed by atoms with E-state index in [1.54, 1.807) is 6.07 Å². The van der Waals surface area contributed by atoms with Crippen molar-refractivity contribution in [2.75, 3.05) is 0 Å². The third-order valence-corrected chi connectivity index (χ3v) is 5.25. The smallest absolute Gasteiger partial charge is 0.235 e. The number of benzene rings is 2. The predicted octanol–water partition coefficient (Wildman–Crippen LogP) is 5.43. The lowest BCUT2D eigenvalue weighted by molar-refractivity contribution is 0.297. The van der Waals surface area contributed by atoms with E-state index in [4.69, 9.17) is 4.74 Å². The van der Waals surface area contributed by atoms with Gasteiger partial charge in [-0.05, 0) is 24.6 Å². The lowest BCUT2D eigenvalue weighted by Crippen LogP contribution is -2.01. The van der Waals surface area contributed by atoms with E-state index in [0.717, 1.165) is 15.0 Å². The molecule has 0 fully saturated rings. The molecule has 2 aromatic heterocycles. The molecule has 0 atom stereocenters. The summed E-state index contributed by atoms with van der Waals surface area (Å²) in [5.74, 6) is 0.936. The van der Waals surface area contributed by atoms with Crippen molar-refractivity contribution in [1.82, 2.24) is 9.97 Å².